The van der Waals surface area contributed by atoms with Crippen LogP contribution in [0.4, 0.5) is 5.69 Å². The average Bonchev–Trinajstić information content (AvgIpc) is 2.91. The molecule has 9 heteroatoms. The molecule has 0 saturated heterocycles. The zero-order chi connectivity index (χ0) is 27.7. The summed E-state index contributed by atoms with van der Waals surface area (Å²) in [6, 6.07) is 21.3. The van der Waals surface area contributed by atoms with E-state index in [4.69, 9.17) is 11.5 Å². The number of benzene rings is 3. The highest BCUT2D eigenvalue weighted by atomic mass is 16.2. The number of rotatable bonds is 11. The lowest BCUT2D eigenvalue weighted by Gasteiger charge is -2.19. The molecule has 198 valence electrons. The Bertz CT molecular complexity index is 1270. The van der Waals surface area contributed by atoms with E-state index >= 15 is 0 Å². The highest BCUT2D eigenvalue weighted by Crippen LogP contribution is 2.15. The zero-order valence-electron chi connectivity index (χ0n) is 21.5. The molecular formula is C29H33N5O4. The molecular weight excluding hydrogens is 482 g/mol. The van der Waals surface area contributed by atoms with Crippen LogP contribution in [0, 0.1) is 0 Å². The normalized spacial score (nSPS) is 11.5. The van der Waals surface area contributed by atoms with E-state index in [0.717, 1.165) is 5.56 Å². The van der Waals surface area contributed by atoms with Gasteiger partial charge in [-0.15, -0.1) is 0 Å². The van der Waals surface area contributed by atoms with Crippen LogP contribution in [0.3, 0.4) is 0 Å². The summed E-state index contributed by atoms with van der Waals surface area (Å²) >= 11 is 0. The number of nitrogens with zero attached hydrogens (tertiary/aromatic N) is 1. The molecule has 0 unspecified atom stereocenters. The van der Waals surface area contributed by atoms with Crippen LogP contribution >= 0.6 is 0 Å². The summed E-state index contributed by atoms with van der Waals surface area (Å²) < 4.78 is 0. The van der Waals surface area contributed by atoms with Crippen LogP contribution in [-0.4, -0.2) is 48.5 Å². The molecule has 38 heavy (non-hydrogen) atoms. The third-order valence-corrected chi connectivity index (χ3v) is 5.93. The van der Waals surface area contributed by atoms with Gasteiger partial charge in [0, 0.05) is 43.8 Å². The summed E-state index contributed by atoms with van der Waals surface area (Å²) in [7, 11) is 3.27. The van der Waals surface area contributed by atoms with Crippen LogP contribution in [0.5, 0.6) is 0 Å². The maximum Gasteiger partial charge on any atom is 0.253 e. The van der Waals surface area contributed by atoms with Gasteiger partial charge in [0.05, 0.1) is 6.17 Å². The van der Waals surface area contributed by atoms with E-state index in [1.54, 1.807) is 50.5 Å². The van der Waals surface area contributed by atoms with E-state index in [-0.39, 0.29) is 30.1 Å². The van der Waals surface area contributed by atoms with E-state index < -0.39 is 24.0 Å². The Balaban J connectivity index is 1.74. The molecule has 1 atom stereocenters. The predicted octanol–water partition coefficient (Wildman–Crippen LogP) is 2.63. The number of anilines is 1. The lowest BCUT2D eigenvalue weighted by Crippen LogP contribution is -2.45. The van der Waals surface area contributed by atoms with Crippen LogP contribution in [0.15, 0.2) is 78.9 Å². The number of carbonyl (C=O) groups excluding carboxylic acids is 4. The van der Waals surface area contributed by atoms with Gasteiger partial charge in [0.1, 0.15) is 11.8 Å². The van der Waals surface area contributed by atoms with Crippen molar-refractivity contribution in [2.75, 3.05) is 19.4 Å². The Morgan fingerprint density at radius 1 is 0.842 bits per heavy atom. The van der Waals surface area contributed by atoms with E-state index in [0.29, 0.717) is 23.2 Å². The minimum atomic E-state index is -1.12. The quantitative estimate of drug-likeness (QED) is 0.289. The van der Waals surface area contributed by atoms with Gasteiger partial charge in [0.15, 0.2) is 0 Å². The molecule has 9 nitrogen and oxygen atoms in total. The van der Waals surface area contributed by atoms with Crippen molar-refractivity contribution in [1.29, 1.82) is 0 Å². The van der Waals surface area contributed by atoms with Crippen molar-refractivity contribution in [3.8, 4) is 0 Å². The smallest absolute Gasteiger partial charge is 0.253 e. The van der Waals surface area contributed by atoms with Crippen molar-refractivity contribution in [1.82, 2.24) is 10.2 Å². The van der Waals surface area contributed by atoms with Crippen molar-refractivity contribution in [2.24, 2.45) is 11.5 Å². The Hall–Kier alpha value is -4.34. The summed E-state index contributed by atoms with van der Waals surface area (Å²) in [6.45, 7) is 0. The van der Waals surface area contributed by atoms with Gasteiger partial charge < -0.3 is 27.0 Å². The van der Waals surface area contributed by atoms with Crippen LogP contribution in [0.1, 0.15) is 50.9 Å². The fourth-order valence-electron chi connectivity index (χ4n) is 3.78. The van der Waals surface area contributed by atoms with Crippen molar-refractivity contribution in [3.63, 3.8) is 0 Å². The topological polar surface area (TPSA) is 148 Å². The second kappa shape index (κ2) is 13.3. The molecule has 0 bridgehead atoms. The minimum absolute atomic E-state index is 0.168. The fourth-order valence-corrected chi connectivity index (χ4v) is 3.78. The molecule has 0 spiro atoms. The third-order valence-electron chi connectivity index (χ3n) is 5.93. The number of aryl methyl sites for hydroxylation is 1. The molecule has 0 fully saturated rings. The van der Waals surface area contributed by atoms with Gasteiger partial charge >= 0.3 is 0 Å². The lowest BCUT2D eigenvalue weighted by molar-refractivity contribution is -0.124. The molecule has 0 aromatic heterocycles. The van der Waals surface area contributed by atoms with Gasteiger partial charge in [-0.05, 0) is 53.9 Å². The van der Waals surface area contributed by atoms with Crippen LogP contribution in [0.2, 0.25) is 0 Å². The van der Waals surface area contributed by atoms with E-state index in [1.807, 2.05) is 30.3 Å². The van der Waals surface area contributed by atoms with Gasteiger partial charge in [0.2, 0.25) is 5.91 Å². The minimum Gasteiger partial charge on any atom is -0.345 e. The first kappa shape index (κ1) is 28.2. The molecule has 0 aliphatic rings. The SMILES string of the molecule is CN(C)C(=O)c1ccc(C(=O)N[C@H](CC(=O)CCc2ccccc2)C(=O)Nc2cccc(C(N)N)c2)cc1. The predicted molar refractivity (Wildman–Crippen MR) is 146 cm³/mol. The van der Waals surface area contributed by atoms with Crippen LogP contribution in [0.25, 0.3) is 0 Å². The number of carbonyl (C=O) groups is 4. The van der Waals surface area contributed by atoms with Crippen LogP contribution < -0.4 is 22.1 Å². The van der Waals surface area contributed by atoms with Gasteiger partial charge in [-0.3, -0.25) is 19.2 Å². The third kappa shape index (κ3) is 8.09. The fraction of sp³-hybridized carbons (Fsp3) is 0.241. The Kier molecular flexibility index (Phi) is 9.86. The summed E-state index contributed by atoms with van der Waals surface area (Å²) in [6.07, 6.45) is -0.149. The Morgan fingerprint density at radius 2 is 1.50 bits per heavy atom. The van der Waals surface area contributed by atoms with Gasteiger partial charge in [-0.2, -0.15) is 0 Å². The van der Waals surface area contributed by atoms with E-state index in [9.17, 15) is 19.2 Å². The van der Waals surface area contributed by atoms with Gasteiger partial charge in [-0.1, -0.05) is 42.5 Å². The summed E-state index contributed by atoms with van der Waals surface area (Å²) in [5.41, 5.74) is 14.2. The van der Waals surface area contributed by atoms with Crippen molar-refractivity contribution < 1.29 is 19.2 Å². The first-order valence-electron chi connectivity index (χ1n) is 12.2. The van der Waals surface area contributed by atoms with E-state index in [2.05, 4.69) is 10.6 Å². The standard InChI is InChI=1S/C29H33N5O4/c1-34(2)29(38)21-14-12-20(13-15-21)27(36)33-25(18-24(35)16-11-19-7-4-3-5-8-19)28(37)32-23-10-6-9-22(17-23)26(30)31/h3-10,12-15,17,25-26H,11,16,18,30-31H2,1-2H3,(H,32,37)(H,33,36)/t25-/m1/s1. The number of amides is 3. The maximum atomic E-state index is 13.2. The Morgan fingerprint density at radius 3 is 2.13 bits per heavy atom. The summed E-state index contributed by atoms with van der Waals surface area (Å²) in [5, 5.41) is 5.42. The number of nitrogens with two attached hydrogens (primary N) is 2. The van der Waals surface area contributed by atoms with Gasteiger partial charge in [-0.25, -0.2) is 0 Å². The molecule has 0 aliphatic heterocycles. The number of Topliss-reactive ketones (excluding diaryl/α,β-unsaturated/α-hetero) is 1. The molecule has 0 saturated carbocycles. The maximum absolute atomic E-state index is 13.2. The van der Waals surface area contributed by atoms with Crippen molar-refractivity contribution >= 4 is 29.2 Å². The number of nitrogens with one attached hydrogen (secondary N) is 2. The molecule has 0 aliphatic carbocycles. The lowest BCUT2D eigenvalue weighted by atomic mass is 10.0. The summed E-state index contributed by atoms with van der Waals surface area (Å²) in [5.74, 6) is -1.45. The van der Waals surface area contributed by atoms with E-state index in [1.165, 1.54) is 17.0 Å². The monoisotopic (exact) mass is 515 g/mol. The molecule has 3 aromatic rings. The molecule has 6 N–H and O–H groups in total. The average molecular weight is 516 g/mol. The largest absolute Gasteiger partial charge is 0.345 e. The Labute approximate surface area is 222 Å². The molecule has 3 aromatic carbocycles. The first-order chi connectivity index (χ1) is 18.1. The van der Waals surface area contributed by atoms with Crippen LogP contribution in [-0.2, 0) is 16.0 Å². The second-order valence-electron chi connectivity index (χ2n) is 9.17. The molecule has 3 amide bonds. The first-order valence-corrected chi connectivity index (χ1v) is 12.2. The summed E-state index contributed by atoms with van der Waals surface area (Å²) in [4.78, 5) is 52.6. The number of hydrogen-bond acceptors (Lipinski definition) is 6. The zero-order valence-corrected chi connectivity index (χ0v) is 21.5. The van der Waals surface area contributed by atoms with Crippen molar-refractivity contribution in [2.45, 2.75) is 31.5 Å². The molecule has 0 heterocycles. The highest BCUT2D eigenvalue weighted by molar-refractivity contribution is 6.03. The molecule has 3 rings (SSSR count). The molecule has 0 radical (unpaired) electrons. The van der Waals surface area contributed by atoms with Crippen molar-refractivity contribution in [3.05, 3.63) is 101 Å². The van der Waals surface area contributed by atoms with Gasteiger partial charge in [0.25, 0.3) is 11.8 Å². The second-order valence-corrected chi connectivity index (χ2v) is 9.17. The number of hydrogen-bond donors (Lipinski definition) is 4. The number of ketones is 1. The highest BCUT2D eigenvalue weighted by Gasteiger charge is 2.25.